The zero-order chi connectivity index (χ0) is 14.8. The van der Waals surface area contributed by atoms with Gasteiger partial charge in [0.1, 0.15) is 5.49 Å². The molecule has 0 N–H and O–H groups in total. The zero-order valence-corrected chi connectivity index (χ0v) is 10.4. The summed E-state index contributed by atoms with van der Waals surface area (Å²) in [5, 5.41) is 0. The van der Waals surface area contributed by atoms with E-state index in [1.165, 1.54) is 29.1 Å². The molecular weight excluding hydrogens is 271 g/mol. The number of rotatable bonds is 1. The Hall–Kier alpha value is -2.44. The molecule has 7 heteroatoms. The van der Waals surface area contributed by atoms with Gasteiger partial charge in [0.15, 0.2) is 0 Å². The van der Waals surface area contributed by atoms with Crippen LogP contribution in [0.3, 0.4) is 0 Å². The Kier molecular flexibility index (Phi) is 3.69. The molecule has 104 valence electrons. The summed E-state index contributed by atoms with van der Waals surface area (Å²) in [6.45, 7) is 1.79. The third-order valence-electron chi connectivity index (χ3n) is 2.47. The molecular formula is C13H10F3N3O. The molecule has 0 aliphatic heterocycles. The maximum Gasteiger partial charge on any atom is 0.473 e. The predicted molar refractivity (Wildman–Crippen MR) is 64.9 cm³/mol. The zero-order valence-electron chi connectivity index (χ0n) is 10.4. The van der Waals surface area contributed by atoms with E-state index in [9.17, 15) is 18.0 Å². The highest BCUT2D eigenvalue weighted by atomic mass is 19.4. The number of hydrogen-bond acceptors (Lipinski definition) is 2. The molecule has 0 saturated heterocycles. The fourth-order valence-electron chi connectivity index (χ4n) is 1.51. The third-order valence-corrected chi connectivity index (χ3v) is 2.47. The van der Waals surface area contributed by atoms with Gasteiger partial charge >= 0.3 is 12.1 Å². The van der Waals surface area contributed by atoms with Crippen LogP contribution in [0.4, 0.5) is 13.2 Å². The van der Waals surface area contributed by atoms with E-state index in [1.54, 1.807) is 25.1 Å². The lowest BCUT2D eigenvalue weighted by Crippen LogP contribution is -2.27. The molecule has 0 atom stereocenters. The number of amides is 1. The first-order chi connectivity index (χ1) is 9.38. The molecule has 0 aromatic carbocycles. The first-order valence-corrected chi connectivity index (χ1v) is 5.64. The second kappa shape index (κ2) is 5.28. The van der Waals surface area contributed by atoms with Gasteiger partial charge < -0.3 is 4.57 Å². The van der Waals surface area contributed by atoms with Gasteiger partial charge in [-0.15, -0.1) is 0 Å². The average Bonchev–Trinajstić information content (AvgIpc) is 2.39. The molecule has 1 amide bonds. The van der Waals surface area contributed by atoms with Crippen LogP contribution in [0.25, 0.3) is 5.69 Å². The van der Waals surface area contributed by atoms with Crippen LogP contribution in [0.1, 0.15) is 5.69 Å². The summed E-state index contributed by atoms with van der Waals surface area (Å²) >= 11 is 0. The van der Waals surface area contributed by atoms with Crippen molar-refractivity contribution in [3.8, 4) is 5.69 Å². The van der Waals surface area contributed by atoms with E-state index in [2.05, 4.69) is 9.98 Å². The standard InChI is InChI=1S/C13H10F3N3O/c1-9-5-6-10(8-17-9)19-7-3-2-4-11(19)18-12(20)13(14,15)16/h2-8H,1H3. The lowest BCUT2D eigenvalue weighted by Gasteiger charge is -2.07. The van der Waals surface area contributed by atoms with Crippen LogP contribution < -0.4 is 5.49 Å². The summed E-state index contributed by atoms with van der Waals surface area (Å²) < 4.78 is 38.1. The minimum absolute atomic E-state index is 0.111. The first kappa shape index (κ1) is 14.0. The number of pyridine rings is 2. The monoisotopic (exact) mass is 281 g/mol. The summed E-state index contributed by atoms with van der Waals surface area (Å²) in [6, 6.07) is 7.84. The minimum Gasteiger partial charge on any atom is -0.300 e. The highest BCUT2D eigenvalue weighted by Crippen LogP contribution is 2.15. The molecule has 2 aromatic rings. The van der Waals surface area contributed by atoms with Crippen LogP contribution >= 0.6 is 0 Å². The molecule has 2 rings (SSSR count). The van der Waals surface area contributed by atoms with Crippen molar-refractivity contribution in [3.05, 3.63) is 53.9 Å². The summed E-state index contributed by atoms with van der Waals surface area (Å²) in [6.07, 6.45) is -1.99. The molecule has 0 fully saturated rings. The van der Waals surface area contributed by atoms with Crippen LogP contribution in [0.5, 0.6) is 0 Å². The molecule has 0 aliphatic carbocycles. The van der Waals surface area contributed by atoms with Gasteiger partial charge in [-0.1, -0.05) is 6.07 Å². The van der Waals surface area contributed by atoms with Crippen molar-refractivity contribution in [3.63, 3.8) is 0 Å². The van der Waals surface area contributed by atoms with Gasteiger partial charge in [0, 0.05) is 11.9 Å². The topological polar surface area (TPSA) is 47.2 Å². The van der Waals surface area contributed by atoms with Crippen LogP contribution in [0.2, 0.25) is 0 Å². The maximum atomic E-state index is 12.3. The van der Waals surface area contributed by atoms with Crippen LogP contribution in [0.15, 0.2) is 47.7 Å². The van der Waals surface area contributed by atoms with E-state index < -0.39 is 12.1 Å². The fraction of sp³-hybridized carbons (Fsp3) is 0.154. The van der Waals surface area contributed by atoms with Gasteiger partial charge in [-0.25, -0.2) is 0 Å². The second-order valence-electron chi connectivity index (χ2n) is 4.00. The predicted octanol–water partition coefficient (Wildman–Crippen LogP) is 2.17. The molecule has 0 saturated carbocycles. The van der Waals surface area contributed by atoms with E-state index >= 15 is 0 Å². The average molecular weight is 281 g/mol. The van der Waals surface area contributed by atoms with Gasteiger partial charge in [-0.2, -0.15) is 18.2 Å². The normalized spacial score (nSPS) is 12.5. The van der Waals surface area contributed by atoms with E-state index in [4.69, 9.17) is 0 Å². The van der Waals surface area contributed by atoms with E-state index in [1.807, 2.05) is 0 Å². The van der Waals surface area contributed by atoms with Crippen molar-refractivity contribution in [2.45, 2.75) is 13.1 Å². The molecule has 20 heavy (non-hydrogen) atoms. The summed E-state index contributed by atoms with van der Waals surface area (Å²) in [7, 11) is 0. The number of aryl methyl sites for hydroxylation is 1. The largest absolute Gasteiger partial charge is 0.473 e. The van der Waals surface area contributed by atoms with Crippen LogP contribution in [0, 0.1) is 6.92 Å². The number of alkyl halides is 3. The third kappa shape index (κ3) is 3.11. The lowest BCUT2D eigenvalue weighted by molar-refractivity contribution is -0.169. The van der Waals surface area contributed by atoms with Gasteiger partial charge in [-0.3, -0.25) is 9.78 Å². The van der Waals surface area contributed by atoms with Crippen LogP contribution in [-0.4, -0.2) is 21.6 Å². The van der Waals surface area contributed by atoms with E-state index in [-0.39, 0.29) is 5.49 Å². The molecule has 0 bridgehead atoms. The highest BCUT2D eigenvalue weighted by Gasteiger charge is 2.38. The number of aromatic nitrogens is 2. The highest BCUT2D eigenvalue weighted by molar-refractivity contribution is 5.82. The molecule has 0 unspecified atom stereocenters. The number of carbonyl (C=O) groups excluding carboxylic acids is 1. The molecule has 2 aromatic heterocycles. The van der Waals surface area contributed by atoms with Crippen molar-refractivity contribution >= 4 is 5.91 Å². The van der Waals surface area contributed by atoms with Crippen molar-refractivity contribution in [2.24, 2.45) is 4.99 Å². The Labute approximate surface area is 112 Å². The molecule has 4 nitrogen and oxygen atoms in total. The Bertz CT molecular complexity index is 687. The number of carbonyl (C=O) groups is 1. The Morgan fingerprint density at radius 1 is 1.25 bits per heavy atom. The van der Waals surface area contributed by atoms with Crippen molar-refractivity contribution in [1.82, 2.24) is 9.55 Å². The van der Waals surface area contributed by atoms with Crippen molar-refractivity contribution < 1.29 is 18.0 Å². The molecule has 0 spiro atoms. The summed E-state index contributed by atoms with van der Waals surface area (Å²) in [4.78, 5) is 18.1. The Balaban J connectivity index is 2.54. The quantitative estimate of drug-likeness (QED) is 0.804. The van der Waals surface area contributed by atoms with E-state index in [0.29, 0.717) is 5.69 Å². The summed E-state index contributed by atoms with van der Waals surface area (Å²) in [5.41, 5.74) is 1.18. The van der Waals surface area contributed by atoms with Crippen LogP contribution in [-0.2, 0) is 4.79 Å². The van der Waals surface area contributed by atoms with E-state index in [0.717, 1.165) is 5.69 Å². The maximum absolute atomic E-state index is 12.3. The Morgan fingerprint density at radius 3 is 2.60 bits per heavy atom. The number of nitrogens with zero attached hydrogens (tertiary/aromatic N) is 3. The minimum atomic E-state index is -4.99. The van der Waals surface area contributed by atoms with Gasteiger partial charge in [0.25, 0.3) is 0 Å². The van der Waals surface area contributed by atoms with Gasteiger partial charge in [0.05, 0.1) is 11.9 Å². The fourth-order valence-corrected chi connectivity index (χ4v) is 1.51. The Morgan fingerprint density at radius 2 is 2.00 bits per heavy atom. The van der Waals surface area contributed by atoms with Crippen molar-refractivity contribution in [1.29, 1.82) is 0 Å². The lowest BCUT2D eigenvalue weighted by atomic mass is 10.3. The van der Waals surface area contributed by atoms with Gasteiger partial charge in [-0.05, 0) is 31.2 Å². The second-order valence-corrected chi connectivity index (χ2v) is 4.00. The smallest absolute Gasteiger partial charge is 0.300 e. The number of halogens is 3. The van der Waals surface area contributed by atoms with Crippen molar-refractivity contribution in [2.75, 3.05) is 0 Å². The molecule has 0 aliphatic rings. The van der Waals surface area contributed by atoms with Gasteiger partial charge in [0.2, 0.25) is 0 Å². The number of hydrogen-bond donors (Lipinski definition) is 0. The SMILES string of the molecule is Cc1ccc(-n2ccccc2=NC(=O)C(F)(F)F)cn1. The first-order valence-electron chi connectivity index (χ1n) is 5.64. The summed E-state index contributed by atoms with van der Waals surface area (Å²) in [5.74, 6) is -2.14. The molecule has 2 heterocycles. The molecule has 0 radical (unpaired) electrons.